The van der Waals surface area contributed by atoms with Gasteiger partial charge in [0.05, 0.1) is 12.0 Å². The maximum Gasteiger partial charge on any atom is 0.0899 e. The van der Waals surface area contributed by atoms with Crippen LogP contribution in [-0.4, -0.2) is 5.43 Å². The molecular weight excluding hydrogens is 494 g/mol. The summed E-state index contributed by atoms with van der Waals surface area (Å²) in [7, 11) is 0. The van der Waals surface area contributed by atoms with Gasteiger partial charge in [-0.25, -0.2) is 5.57 Å². The minimum absolute atomic E-state index is 0. The van der Waals surface area contributed by atoms with E-state index in [0.717, 1.165) is 5.76 Å². The van der Waals surface area contributed by atoms with E-state index in [1.165, 1.54) is 33.1 Å². The molecule has 0 radical (unpaired) electrons. The van der Waals surface area contributed by atoms with E-state index in [2.05, 4.69) is 77.2 Å². The smallest absolute Gasteiger partial charge is 0.0899 e. The summed E-state index contributed by atoms with van der Waals surface area (Å²) >= 11 is 1.74. The molecule has 29 heavy (non-hydrogen) atoms. The number of furan rings is 1. The van der Waals surface area contributed by atoms with Crippen molar-refractivity contribution < 1.29 is 52.6 Å². The molecule has 0 aliphatic heterocycles. The minimum atomic E-state index is 0. The summed E-state index contributed by atoms with van der Waals surface area (Å²) in [4.78, 5) is 0. The molecule has 1 heterocycles. The molecule has 1 aromatic heterocycles. The summed E-state index contributed by atoms with van der Waals surface area (Å²) < 4.78 is 5.39. The zero-order chi connectivity index (χ0) is 20.0. The van der Waals surface area contributed by atoms with Gasteiger partial charge in [-0.05, 0) is 12.1 Å². The Balaban J connectivity index is 0.000000458. The molecule has 5 heteroatoms. The fourth-order valence-electron chi connectivity index (χ4n) is 2.96. The van der Waals surface area contributed by atoms with E-state index in [0.29, 0.717) is 5.92 Å². The average Bonchev–Trinajstić information content (AvgIpc) is 3.33. The molecule has 0 fully saturated rings. The molecule has 0 saturated carbocycles. The van der Waals surface area contributed by atoms with Gasteiger partial charge in [0.15, 0.2) is 0 Å². The molecular formula is C24H28Cl2OSiZr-2. The first kappa shape index (κ1) is 28.3. The molecule has 0 bridgehead atoms. The topological polar surface area (TPSA) is 13.1 Å². The first-order valence-electron chi connectivity index (χ1n) is 9.29. The summed E-state index contributed by atoms with van der Waals surface area (Å²) in [5.41, 5.74) is 5.63. The maximum atomic E-state index is 5.39. The van der Waals surface area contributed by atoms with E-state index in [-0.39, 0.29) is 30.2 Å². The zero-order valence-electron chi connectivity index (χ0n) is 17.9. The molecule has 1 aliphatic carbocycles. The van der Waals surface area contributed by atoms with Crippen molar-refractivity contribution in [3.8, 4) is 11.3 Å². The second kappa shape index (κ2) is 13.5. The number of hydrogen-bond acceptors (Lipinski definition) is 1. The van der Waals surface area contributed by atoms with Gasteiger partial charge in [0.2, 0.25) is 0 Å². The van der Waals surface area contributed by atoms with Crippen LogP contribution in [0.15, 0.2) is 75.9 Å². The number of fused-ring (bicyclic) bond motifs is 1. The second-order valence-corrected chi connectivity index (χ2v) is 16.5. The molecule has 0 N–H and O–H groups in total. The third kappa shape index (κ3) is 8.13. The number of hydrogen-bond donors (Lipinski definition) is 0. The Morgan fingerprint density at radius 2 is 1.66 bits per heavy atom. The molecule has 3 aromatic rings. The quantitative estimate of drug-likeness (QED) is 0.347. The second-order valence-electron chi connectivity index (χ2n) is 7.11. The fraction of sp³-hybridized carbons (Fsp3) is 0.292. The summed E-state index contributed by atoms with van der Waals surface area (Å²) in [5, 5.41) is 2.52. The molecule has 1 unspecified atom stereocenters. The summed E-state index contributed by atoms with van der Waals surface area (Å²) in [6.07, 6.45) is 5.06. The Hall–Kier alpha value is -0.730. The van der Waals surface area contributed by atoms with Crippen LogP contribution < -0.4 is 24.8 Å². The molecule has 0 saturated heterocycles. The van der Waals surface area contributed by atoms with Crippen molar-refractivity contribution in [1.82, 2.24) is 0 Å². The Kier molecular flexibility index (Phi) is 13.2. The van der Waals surface area contributed by atoms with Crippen molar-refractivity contribution in [3.63, 3.8) is 0 Å². The normalized spacial score (nSPS) is 14.6. The Bertz CT molecular complexity index is 964. The molecule has 2 aromatic carbocycles. The van der Waals surface area contributed by atoms with Gasteiger partial charge < -0.3 is 29.2 Å². The Morgan fingerprint density at radius 3 is 2.10 bits per heavy atom. The zero-order valence-corrected chi connectivity index (χ0v) is 22.9. The van der Waals surface area contributed by atoms with Gasteiger partial charge in [0.25, 0.3) is 0 Å². The van der Waals surface area contributed by atoms with E-state index in [1.807, 2.05) is 18.2 Å². The van der Waals surface area contributed by atoms with Crippen LogP contribution in [0.5, 0.6) is 0 Å². The number of rotatable bonds is 1. The molecule has 0 spiro atoms. The van der Waals surface area contributed by atoms with Crippen molar-refractivity contribution in [2.75, 3.05) is 0 Å². The molecule has 1 aliphatic rings. The van der Waals surface area contributed by atoms with Gasteiger partial charge in [-0.1, -0.05) is 38.3 Å². The summed E-state index contributed by atoms with van der Waals surface area (Å²) in [6.45, 7) is 13.3. The van der Waals surface area contributed by atoms with Crippen LogP contribution in [0, 0.1) is 12.0 Å². The third-order valence-corrected chi connectivity index (χ3v) is 4.70. The predicted molar refractivity (Wildman–Crippen MR) is 115 cm³/mol. The number of allylic oxidation sites excluding steroid dienone is 4. The number of benzene rings is 1. The van der Waals surface area contributed by atoms with Crippen molar-refractivity contribution in [2.45, 2.75) is 40.8 Å². The largest absolute Gasteiger partial charge is 1.00 e. The summed E-state index contributed by atoms with van der Waals surface area (Å²) in [6, 6.07) is 16.5. The van der Waals surface area contributed by atoms with E-state index in [4.69, 9.17) is 4.42 Å². The maximum absolute atomic E-state index is 5.39. The van der Waals surface area contributed by atoms with Crippen molar-refractivity contribution >= 4 is 16.2 Å². The van der Waals surface area contributed by atoms with Crippen molar-refractivity contribution in [3.05, 3.63) is 77.6 Å². The van der Waals surface area contributed by atoms with Crippen molar-refractivity contribution in [2.24, 2.45) is 5.92 Å². The van der Waals surface area contributed by atoms with Crippen LogP contribution >= 0.6 is 0 Å². The molecule has 4 rings (SSSR count). The first-order valence-corrected chi connectivity index (χ1v) is 15.5. The average molecular weight is 523 g/mol. The summed E-state index contributed by atoms with van der Waals surface area (Å²) in [5.74, 6) is 1.50. The van der Waals surface area contributed by atoms with Crippen LogP contribution in [0.2, 0.25) is 13.1 Å². The van der Waals surface area contributed by atoms with E-state index < -0.39 is 0 Å². The standard InChI is InChI=1S/C13H9O.C9H13.C2H6Si.2ClH.Zr/c1-2-5-11-10(4-1)7-8-12(11)13-6-3-9-14-13;1-6-5-7(2)9(4)8(6)3;1-3-2;;;/h1-9H;6H,1-4H3;1-2H3;2*1H;/q2*-1;;;;+2/p-2. The minimum Gasteiger partial charge on any atom is -1.00 e. The molecule has 1 atom stereocenters. The Morgan fingerprint density at radius 1 is 1.03 bits per heavy atom. The van der Waals surface area contributed by atoms with Crippen LogP contribution in [0.1, 0.15) is 27.7 Å². The Labute approximate surface area is 203 Å². The van der Waals surface area contributed by atoms with Gasteiger partial charge >= 0.3 is 41.9 Å². The predicted octanol–water partition coefficient (Wildman–Crippen LogP) is 1.33. The van der Waals surface area contributed by atoms with Crippen LogP contribution in [0.25, 0.3) is 22.1 Å². The fourth-order valence-corrected chi connectivity index (χ4v) is 2.96. The molecule has 1 nitrogen and oxygen atoms in total. The first-order chi connectivity index (χ1) is 12.8. The molecule has 0 amide bonds. The SMILES string of the molecule is CC1=[C-]C(C)C(C)=C1C.C[Si](C)=[Zr+2].[Cl-].[Cl-].c1coc(-c2c[cH-]c3ccccc23)c1. The van der Waals surface area contributed by atoms with Gasteiger partial charge in [0.1, 0.15) is 0 Å². The van der Waals surface area contributed by atoms with Gasteiger partial charge in [-0.2, -0.15) is 11.1 Å². The van der Waals surface area contributed by atoms with Gasteiger partial charge in [-0.3, -0.25) is 6.08 Å². The van der Waals surface area contributed by atoms with Crippen LogP contribution in [-0.2, 0) is 23.3 Å². The van der Waals surface area contributed by atoms with Gasteiger partial charge in [0, 0.05) is 0 Å². The number of halogens is 2. The van der Waals surface area contributed by atoms with Crippen LogP contribution in [0.3, 0.4) is 0 Å². The van der Waals surface area contributed by atoms with Crippen LogP contribution in [0.4, 0.5) is 0 Å². The van der Waals surface area contributed by atoms with Gasteiger partial charge in [-0.15, -0.1) is 48.0 Å². The van der Waals surface area contributed by atoms with E-state index >= 15 is 0 Å². The van der Waals surface area contributed by atoms with Crippen molar-refractivity contribution in [1.29, 1.82) is 0 Å². The molecule has 154 valence electrons. The monoisotopic (exact) mass is 520 g/mol. The van der Waals surface area contributed by atoms with E-state index in [9.17, 15) is 0 Å². The third-order valence-electron chi connectivity index (χ3n) is 4.70. The van der Waals surface area contributed by atoms with E-state index in [1.54, 1.807) is 29.6 Å².